The van der Waals surface area contributed by atoms with E-state index in [9.17, 15) is 4.79 Å². The minimum Gasteiger partial charge on any atom is -0.485 e. The molecular weight excluding hydrogens is 282 g/mol. The molecular formula is C13H14ClN3O3. The fourth-order valence-corrected chi connectivity index (χ4v) is 2.01. The zero-order valence-corrected chi connectivity index (χ0v) is 11.9. The number of carboxylic acid groups (broad SMARTS) is 1. The third-order valence-corrected chi connectivity index (χ3v) is 3.28. The van der Waals surface area contributed by atoms with Crippen molar-refractivity contribution >= 4 is 17.6 Å². The van der Waals surface area contributed by atoms with Gasteiger partial charge in [-0.15, -0.1) is 0 Å². The van der Waals surface area contributed by atoms with Crippen LogP contribution in [0, 0.1) is 6.92 Å². The molecule has 0 aliphatic rings. The molecule has 6 nitrogen and oxygen atoms in total. The lowest BCUT2D eigenvalue weighted by molar-refractivity contribution is 0.0684. The topological polar surface area (TPSA) is 77.2 Å². The maximum Gasteiger partial charge on any atom is 0.358 e. The number of hydrogen-bond acceptors (Lipinski definition) is 4. The summed E-state index contributed by atoms with van der Waals surface area (Å²) in [6.45, 7) is 4.55. The van der Waals surface area contributed by atoms with Gasteiger partial charge in [0.25, 0.3) is 0 Å². The summed E-state index contributed by atoms with van der Waals surface area (Å²) >= 11 is 6.17. The van der Waals surface area contributed by atoms with Crippen LogP contribution in [0.3, 0.4) is 0 Å². The maximum absolute atomic E-state index is 11.0. The lowest BCUT2D eigenvalue weighted by Gasteiger charge is -2.09. The van der Waals surface area contributed by atoms with E-state index in [1.807, 2.05) is 13.8 Å². The summed E-state index contributed by atoms with van der Waals surface area (Å²) in [6, 6.07) is 3.18. The highest BCUT2D eigenvalue weighted by Gasteiger charge is 2.16. The van der Waals surface area contributed by atoms with Crippen molar-refractivity contribution in [3.63, 3.8) is 0 Å². The Morgan fingerprint density at radius 2 is 2.30 bits per heavy atom. The van der Waals surface area contributed by atoms with Gasteiger partial charge in [-0.1, -0.05) is 11.6 Å². The number of hydrogen-bond donors (Lipinski definition) is 1. The molecule has 0 bridgehead atoms. The van der Waals surface area contributed by atoms with Crippen molar-refractivity contribution in [1.82, 2.24) is 14.8 Å². The van der Waals surface area contributed by atoms with Crippen LogP contribution < -0.4 is 4.74 Å². The number of aromatic nitrogens is 3. The van der Waals surface area contributed by atoms with Gasteiger partial charge in [0.15, 0.2) is 11.4 Å². The average Bonchev–Trinajstić information content (AvgIpc) is 2.72. The van der Waals surface area contributed by atoms with Crippen LogP contribution in [0.25, 0.3) is 0 Å². The summed E-state index contributed by atoms with van der Waals surface area (Å²) < 4.78 is 7.26. The van der Waals surface area contributed by atoms with E-state index in [2.05, 4.69) is 10.1 Å². The van der Waals surface area contributed by atoms with Gasteiger partial charge in [-0.2, -0.15) is 5.10 Å². The Labute approximate surface area is 121 Å². The summed E-state index contributed by atoms with van der Waals surface area (Å²) in [4.78, 5) is 14.8. The Morgan fingerprint density at radius 1 is 1.55 bits per heavy atom. The predicted molar refractivity (Wildman–Crippen MR) is 73.2 cm³/mol. The van der Waals surface area contributed by atoms with E-state index < -0.39 is 5.97 Å². The third kappa shape index (κ3) is 2.75. The first kappa shape index (κ1) is 14.3. The van der Waals surface area contributed by atoms with Gasteiger partial charge in [0.1, 0.15) is 6.61 Å². The highest BCUT2D eigenvalue weighted by molar-refractivity contribution is 6.31. The van der Waals surface area contributed by atoms with E-state index in [-0.39, 0.29) is 18.1 Å². The van der Waals surface area contributed by atoms with E-state index >= 15 is 0 Å². The van der Waals surface area contributed by atoms with Crippen LogP contribution in [0.1, 0.15) is 28.8 Å². The minimum atomic E-state index is -1.13. The SMILES string of the molecule is CCn1nc(C)c(Cl)c1COc1cccnc1C(=O)O. The standard InChI is InChI=1S/C13H14ClN3O3/c1-3-17-9(11(14)8(2)16-17)7-20-10-5-4-6-15-12(10)13(18)19/h4-6H,3,7H2,1-2H3,(H,18,19). The molecule has 2 aromatic rings. The van der Waals surface area contributed by atoms with Crippen molar-refractivity contribution in [2.75, 3.05) is 0 Å². The molecule has 2 aromatic heterocycles. The number of nitrogens with zero attached hydrogens (tertiary/aromatic N) is 3. The van der Waals surface area contributed by atoms with Crippen LogP contribution in [0.15, 0.2) is 18.3 Å². The summed E-state index contributed by atoms with van der Waals surface area (Å²) in [5.41, 5.74) is 1.31. The fraction of sp³-hybridized carbons (Fsp3) is 0.308. The van der Waals surface area contributed by atoms with Gasteiger partial charge >= 0.3 is 5.97 Å². The molecule has 1 N–H and O–H groups in total. The summed E-state index contributed by atoms with van der Waals surface area (Å²) in [7, 11) is 0. The molecule has 0 fully saturated rings. The molecule has 0 saturated heterocycles. The quantitative estimate of drug-likeness (QED) is 0.917. The molecule has 0 atom stereocenters. The zero-order chi connectivity index (χ0) is 14.7. The highest BCUT2D eigenvalue weighted by Crippen LogP contribution is 2.23. The van der Waals surface area contributed by atoms with Gasteiger partial charge in [-0.05, 0) is 26.0 Å². The molecule has 0 aliphatic carbocycles. The molecule has 0 spiro atoms. The number of carboxylic acids is 1. The van der Waals surface area contributed by atoms with Gasteiger partial charge in [-0.3, -0.25) is 4.68 Å². The van der Waals surface area contributed by atoms with Gasteiger partial charge in [0.05, 0.1) is 16.4 Å². The Kier molecular flexibility index (Phi) is 4.24. The number of halogens is 1. The van der Waals surface area contributed by atoms with Gasteiger partial charge < -0.3 is 9.84 Å². The monoisotopic (exact) mass is 295 g/mol. The lowest BCUT2D eigenvalue weighted by Crippen LogP contribution is -2.09. The van der Waals surface area contributed by atoms with E-state index in [4.69, 9.17) is 21.4 Å². The average molecular weight is 296 g/mol. The largest absolute Gasteiger partial charge is 0.485 e. The van der Waals surface area contributed by atoms with Crippen LogP contribution in [-0.4, -0.2) is 25.8 Å². The number of carbonyl (C=O) groups is 1. The second kappa shape index (κ2) is 5.92. The second-order valence-corrected chi connectivity index (χ2v) is 4.48. The van der Waals surface area contributed by atoms with E-state index in [0.717, 1.165) is 5.69 Å². The van der Waals surface area contributed by atoms with E-state index in [1.165, 1.54) is 6.20 Å². The van der Waals surface area contributed by atoms with Crippen LogP contribution in [0.4, 0.5) is 0 Å². The molecule has 0 saturated carbocycles. The zero-order valence-electron chi connectivity index (χ0n) is 11.1. The lowest BCUT2D eigenvalue weighted by atomic mass is 10.3. The van der Waals surface area contributed by atoms with Crippen LogP contribution >= 0.6 is 11.6 Å². The smallest absolute Gasteiger partial charge is 0.358 e. The number of aryl methyl sites for hydroxylation is 2. The Balaban J connectivity index is 2.23. The Morgan fingerprint density at radius 3 is 2.95 bits per heavy atom. The summed E-state index contributed by atoms with van der Waals surface area (Å²) in [6.07, 6.45) is 1.41. The number of aromatic carboxylic acids is 1. The normalized spacial score (nSPS) is 10.6. The highest BCUT2D eigenvalue weighted by atomic mass is 35.5. The van der Waals surface area contributed by atoms with Gasteiger partial charge in [0, 0.05) is 12.7 Å². The van der Waals surface area contributed by atoms with Crippen LogP contribution in [-0.2, 0) is 13.2 Å². The van der Waals surface area contributed by atoms with Crippen LogP contribution in [0.2, 0.25) is 5.02 Å². The van der Waals surface area contributed by atoms with E-state index in [0.29, 0.717) is 17.3 Å². The molecule has 0 aromatic carbocycles. The minimum absolute atomic E-state index is 0.122. The summed E-state index contributed by atoms with van der Waals surface area (Å²) in [5, 5.41) is 13.8. The first-order valence-corrected chi connectivity index (χ1v) is 6.45. The number of rotatable bonds is 5. The van der Waals surface area contributed by atoms with Crippen molar-refractivity contribution in [2.24, 2.45) is 0 Å². The second-order valence-electron chi connectivity index (χ2n) is 4.11. The maximum atomic E-state index is 11.0. The molecule has 0 unspecified atom stereocenters. The molecule has 0 radical (unpaired) electrons. The predicted octanol–water partition coefficient (Wildman–Crippen LogP) is 2.54. The third-order valence-electron chi connectivity index (χ3n) is 2.79. The number of pyridine rings is 1. The fourth-order valence-electron chi connectivity index (χ4n) is 1.82. The Bertz CT molecular complexity index is 640. The van der Waals surface area contributed by atoms with Crippen LogP contribution in [0.5, 0.6) is 5.75 Å². The molecule has 20 heavy (non-hydrogen) atoms. The van der Waals surface area contributed by atoms with Crippen molar-refractivity contribution in [2.45, 2.75) is 27.0 Å². The molecule has 2 rings (SSSR count). The Hall–Kier alpha value is -2.08. The van der Waals surface area contributed by atoms with Crippen molar-refractivity contribution in [1.29, 1.82) is 0 Å². The molecule has 7 heteroatoms. The molecule has 2 heterocycles. The van der Waals surface area contributed by atoms with Gasteiger partial charge in [-0.25, -0.2) is 9.78 Å². The summed E-state index contributed by atoms with van der Waals surface area (Å²) in [5.74, 6) is -0.926. The first-order chi connectivity index (χ1) is 9.54. The van der Waals surface area contributed by atoms with Crippen molar-refractivity contribution in [3.05, 3.63) is 40.4 Å². The molecule has 0 aliphatic heterocycles. The molecule has 0 amide bonds. The van der Waals surface area contributed by atoms with Crippen molar-refractivity contribution < 1.29 is 14.6 Å². The first-order valence-electron chi connectivity index (χ1n) is 6.07. The molecule has 106 valence electrons. The van der Waals surface area contributed by atoms with Crippen molar-refractivity contribution in [3.8, 4) is 5.75 Å². The van der Waals surface area contributed by atoms with Gasteiger partial charge in [0.2, 0.25) is 0 Å². The number of ether oxygens (including phenoxy) is 1. The van der Waals surface area contributed by atoms with E-state index in [1.54, 1.807) is 16.8 Å².